The predicted molar refractivity (Wildman–Crippen MR) is 86.0 cm³/mol. The molecule has 0 saturated heterocycles. The van der Waals surface area contributed by atoms with Gasteiger partial charge in [-0.1, -0.05) is 30.3 Å². The molecule has 3 nitrogen and oxygen atoms in total. The van der Waals surface area contributed by atoms with Crippen molar-refractivity contribution in [2.45, 2.75) is 13.3 Å². The van der Waals surface area contributed by atoms with Crippen LogP contribution in [0.5, 0.6) is 0 Å². The van der Waals surface area contributed by atoms with Gasteiger partial charge in [0.2, 0.25) is 5.95 Å². The summed E-state index contributed by atoms with van der Waals surface area (Å²) in [5.41, 5.74) is 6.71. The Balaban J connectivity index is 1.78. The van der Waals surface area contributed by atoms with E-state index < -0.39 is 0 Å². The van der Waals surface area contributed by atoms with Crippen LogP contribution in [0.3, 0.4) is 0 Å². The van der Waals surface area contributed by atoms with Crippen LogP contribution in [-0.2, 0) is 6.42 Å². The molecule has 1 N–H and O–H groups in total. The maximum atomic E-state index is 4.37. The molecule has 0 atom stereocenters. The maximum absolute atomic E-state index is 4.37. The first-order valence-corrected chi connectivity index (χ1v) is 7.35. The molecule has 3 heteroatoms. The molecule has 0 bridgehead atoms. The second-order valence-corrected chi connectivity index (χ2v) is 5.33. The van der Waals surface area contributed by atoms with Crippen molar-refractivity contribution >= 4 is 5.95 Å². The van der Waals surface area contributed by atoms with Crippen LogP contribution in [0.2, 0.25) is 0 Å². The third kappa shape index (κ3) is 1.93. The van der Waals surface area contributed by atoms with Gasteiger partial charge in [-0.2, -0.15) is 0 Å². The fourth-order valence-corrected chi connectivity index (χ4v) is 3.08. The molecule has 1 aliphatic rings. The second-order valence-electron chi connectivity index (χ2n) is 5.33. The molecule has 0 fully saturated rings. The SMILES string of the molecule is CCNc1nccn1-c1ccc2c(c1)Cc1ccccc1-2. The number of rotatable bonds is 3. The minimum atomic E-state index is 0.868. The Morgan fingerprint density at radius 3 is 2.86 bits per heavy atom. The quantitative estimate of drug-likeness (QED) is 0.615. The standard InChI is InChI=1S/C18H17N3/c1-2-19-18-20-9-10-21(18)15-7-8-17-14(12-15)11-13-5-3-4-6-16(13)17/h3-10,12H,2,11H2,1H3,(H,19,20). The Bertz CT molecular complexity index is 802. The molecule has 0 radical (unpaired) electrons. The van der Waals surface area contributed by atoms with Crippen LogP contribution in [-0.4, -0.2) is 16.1 Å². The highest BCUT2D eigenvalue weighted by atomic mass is 15.2. The summed E-state index contributed by atoms with van der Waals surface area (Å²) in [6.45, 7) is 2.95. The Morgan fingerprint density at radius 2 is 1.95 bits per heavy atom. The lowest BCUT2D eigenvalue weighted by atomic mass is 10.1. The number of nitrogens with zero attached hydrogens (tertiary/aromatic N) is 2. The van der Waals surface area contributed by atoms with Crippen LogP contribution in [0.4, 0.5) is 5.95 Å². The van der Waals surface area contributed by atoms with E-state index in [-0.39, 0.29) is 0 Å². The van der Waals surface area contributed by atoms with Crippen molar-refractivity contribution in [3.05, 3.63) is 66.0 Å². The van der Waals surface area contributed by atoms with Crippen LogP contribution in [0.15, 0.2) is 54.9 Å². The van der Waals surface area contributed by atoms with Crippen LogP contribution < -0.4 is 5.32 Å². The number of anilines is 1. The van der Waals surface area contributed by atoms with Gasteiger partial charge in [0.1, 0.15) is 0 Å². The number of nitrogens with one attached hydrogen (secondary N) is 1. The summed E-state index contributed by atoms with van der Waals surface area (Å²) in [6.07, 6.45) is 4.85. The van der Waals surface area contributed by atoms with Gasteiger partial charge >= 0.3 is 0 Å². The van der Waals surface area contributed by atoms with Gasteiger partial charge in [0.05, 0.1) is 0 Å². The summed E-state index contributed by atoms with van der Waals surface area (Å²) in [4.78, 5) is 4.37. The highest BCUT2D eigenvalue weighted by Crippen LogP contribution is 2.37. The lowest BCUT2D eigenvalue weighted by molar-refractivity contribution is 1.02. The molecule has 1 aliphatic carbocycles. The largest absolute Gasteiger partial charge is 0.356 e. The minimum Gasteiger partial charge on any atom is -0.356 e. The van der Waals surface area contributed by atoms with E-state index in [2.05, 4.69) is 64.3 Å². The zero-order valence-electron chi connectivity index (χ0n) is 12.0. The summed E-state index contributed by atoms with van der Waals surface area (Å²) in [6, 6.07) is 15.3. The van der Waals surface area contributed by atoms with Crippen molar-refractivity contribution in [1.82, 2.24) is 9.55 Å². The van der Waals surface area contributed by atoms with Crippen LogP contribution in [0.1, 0.15) is 18.1 Å². The normalized spacial score (nSPS) is 12.0. The summed E-state index contributed by atoms with van der Waals surface area (Å²) in [5, 5.41) is 3.29. The fourth-order valence-electron chi connectivity index (χ4n) is 3.08. The molecule has 1 aromatic heterocycles. The van der Waals surface area contributed by atoms with Gasteiger partial charge in [0.25, 0.3) is 0 Å². The predicted octanol–water partition coefficient (Wildman–Crippen LogP) is 3.88. The minimum absolute atomic E-state index is 0.868. The van der Waals surface area contributed by atoms with E-state index in [0.717, 1.165) is 24.6 Å². The average Bonchev–Trinajstić information content (AvgIpc) is 3.10. The van der Waals surface area contributed by atoms with E-state index in [9.17, 15) is 0 Å². The van der Waals surface area contributed by atoms with Gasteiger partial charge in [-0.15, -0.1) is 0 Å². The highest BCUT2D eigenvalue weighted by Gasteiger charge is 2.18. The van der Waals surface area contributed by atoms with Crippen molar-refractivity contribution < 1.29 is 0 Å². The fraction of sp³-hybridized carbons (Fsp3) is 0.167. The zero-order valence-corrected chi connectivity index (χ0v) is 12.0. The monoisotopic (exact) mass is 275 g/mol. The molecule has 0 unspecified atom stereocenters. The smallest absolute Gasteiger partial charge is 0.207 e. The van der Waals surface area contributed by atoms with Gasteiger partial charge in [-0.3, -0.25) is 4.57 Å². The van der Waals surface area contributed by atoms with Gasteiger partial charge in [-0.05, 0) is 47.7 Å². The first-order valence-electron chi connectivity index (χ1n) is 7.35. The summed E-state index contributed by atoms with van der Waals surface area (Å²) >= 11 is 0. The Hall–Kier alpha value is -2.55. The Labute approximate surface area is 124 Å². The van der Waals surface area contributed by atoms with E-state index >= 15 is 0 Å². The maximum Gasteiger partial charge on any atom is 0.207 e. The van der Waals surface area contributed by atoms with Crippen LogP contribution >= 0.6 is 0 Å². The van der Waals surface area contributed by atoms with Crippen molar-refractivity contribution in [3.63, 3.8) is 0 Å². The van der Waals surface area contributed by atoms with Crippen molar-refractivity contribution in [2.24, 2.45) is 0 Å². The Morgan fingerprint density at radius 1 is 1.10 bits per heavy atom. The zero-order chi connectivity index (χ0) is 14.2. The van der Waals surface area contributed by atoms with E-state index in [0.29, 0.717) is 0 Å². The van der Waals surface area contributed by atoms with Gasteiger partial charge in [0, 0.05) is 24.6 Å². The van der Waals surface area contributed by atoms with Crippen LogP contribution in [0.25, 0.3) is 16.8 Å². The molecule has 0 aliphatic heterocycles. The molecule has 2 aromatic carbocycles. The molecule has 1 heterocycles. The van der Waals surface area contributed by atoms with Gasteiger partial charge in [-0.25, -0.2) is 4.98 Å². The lowest BCUT2D eigenvalue weighted by Gasteiger charge is -2.10. The summed E-state index contributed by atoms with van der Waals surface area (Å²) < 4.78 is 2.10. The highest BCUT2D eigenvalue weighted by molar-refractivity contribution is 5.77. The molecule has 0 spiro atoms. The third-order valence-electron chi connectivity index (χ3n) is 4.03. The molecule has 21 heavy (non-hydrogen) atoms. The molecule has 4 rings (SSSR count). The van der Waals surface area contributed by atoms with Crippen molar-refractivity contribution in [2.75, 3.05) is 11.9 Å². The molecule has 0 saturated carbocycles. The molecule has 0 amide bonds. The van der Waals surface area contributed by atoms with Gasteiger partial charge < -0.3 is 5.32 Å². The summed E-state index contributed by atoms with van der Waals surface area (Å²) in [5.74, 6) is 0.896. The van der Waals surface area contributed by atoms with Crippen molar-refractivity contribution in [3.8, 4) is 16.8 Å². The number of hydrogen-bond acceptors (Lipinski definition) is 2. The number of aromatic nitrogens is 2. The topological polar surface area (TPSA) is 29.9 Å². The van der Waals surface area contributed by atoms with E-state index in [4.69, 9.17) is 0 Å². The number of imidazole rings is 1. The average molecular weight is 275 g/mol. The second kappa shape index (κ2) is 4.77. The molecular weight excluding hydrogens is 258 g/mol. The first kappa shape index (κ1) is 12.2. The van der Waals surface area contributed by atoms with E-state index in [1.165, 1.54) is 22.3 Å². The van der Waals surface area contributed by atoms with E-state index in [1.54, 1.807) is 0 Å². The molecule has 3 aromatic rings. The van der Waals surface area contributed by atoms with Crippen LogP contribution in [0, 0.1) is 0 Å². The number of benzene rings is 2. The Kier molecular flexibility index (Phi) is 2.78. The van der Waals surface area contributed by atoms with E-state index in [1.807, 2.05) is 12.4 Å². The third-order valence-corrected chi connectivity index (χ3v) is 4.03. The molecule has 104 valence electrons. The molecular formula is C18H17N3. The van der Waals surface area contributed by atoms with Gasteiger partial charge in [0.15, 0.2) is 0 Å². The number of fused-ring (bicyclic) bond motifs is 3. The van der Waals surface area contributed by atoms with Crippen molar-refractivity contribution in [1.29, 1.82) is 0 Å². The lowest BCUT2D eigenvalue weighted by Crippen LogP contribution is -2.05. The number of hydrogen-bond donors (Lipinski definition) is 1. The summed E-state index contributed by atoms with van der Waals surface area (Å²) in [7, 11) is 0. The first-order chi connectivity index (χ1) is 10.4.